The monoisotopic (exact) mass is 243 g/mol. The molecule has 0 amide bonds. The van der Waals surface area contributed by atoms with E-state index in [1.165, 1.54) is 12.8 Å². The van der Waals surface area contributed by atoms with Crippen molar-refractivity contribution in [3.8, 4) is 0 Å². The number of nitrogens with zero attached hydrogens (tertiary/aromatic N) is 1. The van der Waals surface area contributed by atoms with Gasteiger partial charge in [0, 0.05) is 30.6 Å². The lowest BCUT2D eigenvalue weighted by atomic mass is 10.2. The van der Waals surface area contributed by atoms with Crippen molar-refractivity contribution in [2.45, 2.75) is 25.4 Å². The number of guanidine groups is 1. The van der Waals surface area contributed by atoms with E-state index in [4.69, 9.17) is 4.42 Å². The Labute approximate surface area is 106 Å². The SMILES string of the molecule is CN=C(NCc1coc2ccccc12)NC1CC1. The maximum absolute atomic E-state index is 5.51. The van der Waals surface area contributed by atoms with Gasteiger partial charge in [-0.3, -0.25) is 4.99 Å². The lowest BCUT2D eigenvalue weighted by Gasteiger charge is -2.10. The second-order valence-corrected chi connectivity index (χ2v) is 4.60. The van der Waals surface area contributed by atoms with Crippen LogP contribution in [-0.2, 0) is 6.54 Å². The molecular weight excluding hydrogens is 226 g/mol. The number of furan rings is 1. The fourth-order valence-corrected chi connectivity index (χ4v) is 1.96. The first-order valence-corrected chi connectivity index (χ1v) is 6.29. The quantitative estimate of drug-likeness (QED) is 0.642. The molecule has 1 saturated carbocycles. The van der Waals surface area contributed by atoms with E-state index in [2.05, 4.69) is 21.7 Å². The van der Waals surface area contributed by atoms with Gasteiger partial charge in [-0.25, -0.2) is 0 Å². The van der Waals surface area contributed by atoms with E-state index in [9.17, 15) is 0 Å². The molecule has 1 heterocycles. The standard InChI is InChI=1S/C14H17N3O/c1-15-14(17-11-6-7-11)16-8-10-9-18-13-5-3-2-4-12(10)13/h2-5,9,11H,6-8H2,1H3,(H2,15,16,17). The number of fused-ring (bicyclic) bond motifs is 1. The molecule has 0 radical (unpaired) electrons. The number of aliphatic imine (C=N–C) groups is 1. The largest absolute Gasteiger partial charge is 0.464 e. The minimum Gasteiger partial charge on any atom is -0.464 e. The van der Waals surface area contributed by atoms with Crippen LogP contribution in [0.2, 0.25) is 0 Å². The summed E-state index contributed by atoms with van der Waals surface area (Å²) in [4.78, 5) is 4.21. The fourth-order valence-electron chi connectivity index (χ4n) is 1.96. The molecule has 0 unspecified atom stereocenters. The normalized spacial score (nSPS) is 15.9. The fraction of sp³-hybridized carbons (Fsp3) is 0.357. The molecule has 2 aromatic rings. The van der Waals surface area contributed by atoms with Crippen molar-refractivity contribution < 1.29 is 4.42 Å². The highest BCUT2D eigenvalue weighted by atomic mass is 16.3. The number of rotatable bonds is 3. The van der Waals surface area contributed by atoms with Crippen LogP contribution in [0.4, 0.5) is 0 Å². The summed E-state index contributed by atoms with van der Waals surface area (Å²) < 4.78 is 5.51. The number of benzene rings is 1. The van der Waals surface area contributed by atoms with Crippen molar-refractivity contribution in [1.29, 1.82) is 0 Å². The third-order valence-corrected chi connectivity index (χ3v) is 3.15. The highest BCUT2D eigenvalue weighted by Crippen LogP contribution is 2.21. The number of hydrogen-bond acceptors (Lipinski definition) is 2. The zero-order chi connectivity index (χ0) is 12.4. The number of para-hydroxylation sites is 1. The first-order valence-electron chi connectivity index (χ1n) is 6.29. The summed E-state index contributed by atoms with van der Waals surface area (Å²) >= 11 is 0. The van der Waals surface area contributed by atoms with E-state index in [-0.39, 0.29) is 0 Å². The minimum absolute atomic E-state index is 0.609. The van der Waals surface area contributed by atoms with Crippen LogP contribution in [0.1, 0.15) is 18.4 Å². The smallest absolute Gasteiger partial charge is 0.191 e. The molecular formula is C14H17N3O. The zero-order valence-electron chi connectivity index (χ0n) is 10.4. The van der Waals surface area contributed by atoms with Gasteiger partial charge < -0.3 is 15.1 Å². The van der Waals surface area contributed by atoms with Crippen LogP contribution in [0.3, 0.4) is 0 Å². The third kappa shape index (κ3) is 2.32. The van der Waals surface area contributed by atoms with Crippen LogP contribution in [0, 0.1) is 0 Å². The molecule has 1 aromatic carbocycles. The van der Waals surface area contributed by atoms with E-state index >= 15 is 0 Å². The van der Waals surface area contributed by atoms with Gasteiger partial charge >= 0.3 is 0 Å². The van der Waals surface area contributed by atoms with Gasteiger partial charge in [-0.2, -0.15) is 0 Å². The molecule has 0 bridgehead atoms. The Balaban J connectivity index is 1.68. The van der Waals surface area contributed by atoms with Crippen molar-refractivity contribution in [2.75, 3.05) is 7.05 Å². The van der Waals surface area contributed by atoms with Crippen LogP contribution in [-0.4, -0.2) is 19.0 Å². The molecule has 94 valence electrons. The third-order valence-electron chi connectivity index (χ3n) is 3.15. The predicted molar refractivity (Wildman–Crippen MR) is 72.6 cm³/mol. The van der Waals surface area contributed by atoms with Gasteiger partial charge in [0.15, 0.2) is 5.96 Å². The Morgan fingerprint density at radius 2 is 2.22 bits per heavy atom. The van der Waals surface area contributed by atoms with Crippen LogP contribution >= 0.6 is 0 Å². The average molecular weight is 243 g/mol. The molecule has 4 nitrogen and oxygen atoms in total. The Kier molecular flexibility index (Phi) is 2.92. The lowest BCUT2D eigenvalue weighted by molar-refractivity contribution is 0.608. The maximum atomic E-state index is 5.51. The topological polar surface area (TPSA) is 49.6 Å². The van der Waals surface area contributed by atoms with Gasteiger partial charge in [0.25, 0.3) is 0 Å². The van der Waals surface area contributed by atoms with E-state index in [0.29, 0.717) is 6.04 Å². The van der Waals surface area contributed by atoms with Crippen molar-refractivity contribution >= 4 is 16.9 Å². The molecule has 2 N–H and O–H groups in total. The highest BCUT2D eigenvalue weighted by Gasteiger charge is 2.22. The first kappa shape index (κ1) is 11.1. The van der Waals surface area contributed by atoms with Gasteiger partial charge in [0.05, 0.1) is 6.26 Å². The zero-order valence-corrected chi connectivity index (χ0v) is 10.4. The van der Waals surface area contributed by atoms with Crippen molar-refractivity contribution in [3.05, 3.63) is 36.1 Å². The van der Waals surface area contributed by atoms with Crippen LogP contribution in [0.25, 0.3) is 11.0 Å². The van der Waals surface area contributed by atoms with Gasteiger partial charge in [-0.1, -0.05) is 18.2 Å². The number of hydrogen-bond donors (Lipinski definition) is 2. The Morgan fingerprint density at radius 1 is 1.39 bits per heavy atom. The molecule has 1 aliphatic carbocycles. The van der Waals surface area contributed by atoms with Gasteiger partial charge in [0.2, 0.25) is 0 Å². The minimum atomic E-state index is 0.609. The van der Waals surface area contributed by atoms with Gasteiger partial charge in [-0.15, -0.1) is 0 Å². The summed E-state index contributed by atoms with van der Waals surface area (Å²) in [6.07, 6.45) is 4.30. The maximum Gasteiger partial charge on any atom is 0.191 e. The van der Waals surface area contributed by atoms with Gasteiger partial charge in [-0.05, 0) is 18.9 Å². The summed E-state index contributed by atoms with van der Waals surface area (Å²) in [5.74, 6) is 0.864. The van der Waals surface area contributed by atoms with E-state index in [1.54, 1.807) is 7.05 Å². The Morgan fingerprint density at radius 3 is 3.00 bits per heavy atom. The molecule has 0 atom stereocenters. The Hall–Kier alpha value is -1.97. The molecule has 0 saturated heterocycles. The molecule has 1 aliphatic rings. The van der Waals surface area contributed by atoms with Crippen molar-refractivity contribution in [3.63, 3.8) is 0 Å². The molecule has 18 heavy (non-hydrogen) atoms. The number of nitrogens with one attached hydrogen (secondary N) is 2. The van der Waals surface area contributed by atoms with E-state index in [1.807, 2.05) is 24.5 Å². The molecule has 0 aliphatic heterocycles. The van der Waals surface area contributed by atoms with E-state index in [0.717, 1.165) is 29.0 Å². The van der Waals surface area contributed by atoms with Crippen LogP contribution in [0.15, 0.2) is 39.9 Å². The predicted octanol–water partition coefficient (Wildman–Crippen LogP) is 2.26. The lowest BCUT2D eigenvalue weighted by Crippen LogP contribution is -2.37. The summed E-state index contributed by atoms with van der Waals surface area (Å²) in [6, 6.07) is 8.68. The molecule has 4 heteroatoms. The Bertz CT molecular complexity index is 569. The highest BCUT2D eigenvalue weighted by molar-refractivity contribution is 5.83. The average Bonchev–Trinajstić information content (AvgIpc) is 3.13. The second-order valence-electron chi connectivity index (χ2n) is 4.60. The summed E-state index contributed by atoms with van der Waals surface area (Å²) in [5.41, 5.74) is 2.09. The van der Waals surface area contributed by atoms with Crippen molar-refractivity contribution in [1.82, 2.24) is 10.6 Å². The van der Waals surface area contributed by atoms with Crippen LogP contribution < -0.4 is 10.6 Å². The second kappa shape index (κ2) is 4.72. The summed E-state index contributed by atoms with van der Waals surface area (Å²) in [5, 5.41) is 7.83. The van der Waals surface area contributed by atoms with Crippen molar-refractivity contribution in [2.24, 2.45) is 4.99 Å². The summed E-state index contributed by atoms with van der Waals surface area (Å²) in [6.45, 7) is 0.726. The molecule has 1 fully saturated rings. The molecule has 0 spiro atoms. The summed E-state index contributed by atoms with van der Waals surface area (Å²) in [7, 11) is 1.80. The van der Waals surface area contributed by atoms with Gasteiger partial charge in [0.1, 0.15) is 5.58 Å². The molecule has 1 aromatic heterocycles. The first-order chi connectivity index (χ1) is 8.86. The molecule has 3 rings (SSSR count). The van der Waals surface area contributed by atoms with Crippen LogP contribution in [0.5, 0.6) is 0 Å². The van der Waals surface area contributed by atoms with E-state index < -0.39 is 0 Å².